The van der Waals surface area contributed by atoms with Gasteiger partial charge in [-0.3, -0.25) is 14.4 Å². The van der Waals surface area contributed by atoms with Gasteiger partial charge in [0.1, 0.15) is 18.1 Å². The number of nitrogens with two attached hydrogens (primary N) is 2. The first-order valence-electron chi connectivity index (χ1n) is 10.2. The molecule has 0 saturated carbocycles. The number of H-pyrrole nitrogens is 1. The van der Waals surface area contributed by atoms with Crippen molar-refractivity contribution in [1.29, 1.82) is 0 Å². The highest BCUT2D eigenvalue weighted by Crippen LogP contribution is 2.07. The zero-order valence-electron chi connectivity index (χ0n) is 17.9. The summed E-state index contributed by atoms with van der Waals surface area (Å²) >= 11 is 0. The van der Waals surface area contributed by atoms with Gasteiger partial charge < -0.3 is 37.5 Å². The minimum Gasteiger partial charge on any atom is -0.480 e. The molecule has 174 valence electrons. The summed E-state index contributed by atoms with van der Waals surface area (Å²) in [7, 11) is 0. The fourth-order valence-electron chi connectivity index (χ4n) is 2.88. The van der Waals surface area contributed by atoms with Crippen LogP contribution in [0.4, 0.5) is 0 Å². The second-order valence-electron chi connectivity index (χ2n) is 7.52. The number of carboxylic acids is 1. The van der Waals surface area contributed by atoms with Crippen LogP contribution in [0, 0.1) is 5.92 Å². The van der Waals surface area contributed by atoms with Gasteiger partial charge in [0.2, 0.25) is 17.7 Å². The zero-order chi connectivity index (χ0) is 23.4. The molecule has 1 rings (SSSR count). The monoisotopic (exact) mass is 439 g/mol. The molecule has 0 saturated heterocycles. The van der Waals surface area contributed by atoms with Gasteiger partial charge in [0.25, 0.3) is 0 Å². The minimum atomic E-state index is -1.17. The molecule has 0 bridgehead atoms. The predicted octanol–water partition coefficient (Wildman–Crippen LogP) is -1.77. The Hall–Kier alpha value is -2.99. The van der Waals surface area contributed by atoms with Crippen LogP contribution in [0.3, 0.4) is 0 Å². The molecular formula is C19H33N7O5. The van der Waals surface area contributed by atoms with Gasteiger partial charge in [-0.25, -0.2) is 9.78 Å². The maximum Gasteiger partial charge on any atom is 0.326 e. The molecule has 0 aliphatic rings. The lowest BCUT2D eigenvalue weighted by atomic mass is 10.0. The van der Waals surface area contributed by atoms with E-state index in [1.165, 1.54) is 12.5 Å². The van der Waals surface area contributed by atoms with Crippen molar-refractivity contribution in [2.45, 2.75) is 57.7 Å². The molecule has 0 spiro atoms. The van der Waals surface area contributed by atoms with E-state index in [4.69, 9.17) is 11.5 Å². The van der Waals surface area contributed by atoms with Gasteiger partial charge in [0.05, 0.1) is 12.9 Å². The summed E-state index contributed by atoms with van der Waals surface area (Å²) in [5, 5.41) is 17.0. The average Bonchev–Trinajstić information content (AvgIpc) is 3.23. The molecular weight excluding hydrogens is 406 g/mol. The van der Waals surface area contributed by atoms with E-state index in [2.05, 4.69) is 25.9 Å². The number of carbonyl (C=O) groups is 4. The van der Waals surface area contributed by atoms with Crippen LogP contribution in [-0.4, -0.2) is 70.0 Å². The molecule has 31 heavy (non-hydrogen) atoms. The molecule has 3 amide bonds. The molecule has 0 aliphatic carbocycles. The van der Waals surface area contributed by atoms with Crippen molar-refractivity contribution in [2.24, 2.45) is 17.4 Å². The molecule has 0 aliphatic heterocycles. The van der Waals surface area contributed by atoms with E-state index in [0.29, 0.717) is 25.1 Å². The molecule has 0 radical (unpaired) electrons. The summed E-state index contributed by atoms with van der Waals surface area (Å²) < 4.78 is 0. The highest BCUT2D eigenvalue weighted by molar-refractivity contribution is 5.93. The Morgan fingerprint density at radius 3 is 2.26 bits per heavy atom. The highest BCUT2D eigenvalue weighted by Gasteiger charge is 2.31. The SMILES string of the molecule is CC(C)C(NC(=O)CN)C(=O)NC(Cc1cnc[nH]1)C(=O)NC(CCCCN)C(=O)O. The summed E-state index contributed by atoms with van der Waals surface area (Å²) in [6.45, 7) is 3.62. The van der Waals surface area contributed by atoms with Gasteiger partial charge in [0.15, 0.2) is 0 Å². The Morgan fingerprint density at radius 2 is 1.74 bits per heavy atom. The van der Waals surface area contributed by atoms with E-state index in [9.17, 15) is 24.3 Å². The number of nitrogens with zero attached hydrogens (tertiary/aromatic N) is 1. The molecule has 9 N–H and O–H groups in total. The Bertz CT molecular complexity index is 723. The number of unbranched alkanes of at least 4 members (excludes halogenated alkanes) is 1. The van der Waals surface area contributed by atoms with Crippen LogP contribution in [0.15, 0.2) is 12.5 Å². The third-order valence-corrected chi connectivity index (χ3v) is 4.62. The summed E-state index contributed by atoms with van der Waals surface area (Å²) in [4.78, 5) is 55.6. The fourth-order valence-corrected chi connectivity index (χ4v) is 2.88. The smallest absolute Gasteiger partial charge is 0.326 e. The van der Waals surface area contributed by atoms with E-state index < -0.39 is 41.8 Å². The van der Waals surface area contributed by atoms with Crippen LogP contribution in [0.5, 0.6) is 0 Å². The lowest BCUT2D eigenvalue weighted by Crippen LogP contribution is -2.58. The lowest BCUT2D eigenvalue weighted by molar-refractivity contribution is -0.142. The first-order chi connectivity index (χ1) is 14.7. The Balaban J connectivity index is 2.96. The second kappa shape index (κ2) is 13.3. The van der Waals surface area contributed by atoms with E-state index in [-0.39, 0.29) is 25.3 Å². The van der Waals surface area contributed by atoms with E-state index in [0.717, 1.165) is 0 Å². The van der Waals surface area contributed by atoms with Crippen LogP contribution < -0.4 is 27.4 Å². The van der Waals surface area contributed by atoms with Gasteiger partial charge >= 0.3 is 5.97 Å². The first kappa shape index (κ1) is 26.0. The first-order valence-corrected chi connectivity index (χ1v) is 10.2. The Morgan fingerprint density at radius 1 is 1.06 bits per heavy atom. The number of amides is 3. The predicted molar refractivity (Wildman–Crippen MR) is 113 cm³/mol. The Kier molecular flexibility index (Phi) is 11.2. The van der Waals surface area contributed by atoms with Crippen molar-refractivity contribution in [3.05, 3.63) is 18.2 Å². The number of carbonyl (C=O) groups excluding carboxylic acids is 3. The quantitative estimate of drug-likeness (QED) is 0.165. The van der Waals surface area contributed by atoms with Gasteiger partial charge in [-0.2, -0.15) is 0 Å². The minimum absolute atomic E-state index is 0.0579. The van der Waals surface area contributed by atoms with Crippen molar-refractivity contribution in [1.82, 2.24) is 25.9 Å². The van der Waals surface area contributed by atoms with Gasteiger partial charge in [0, 0.05) is 18.3 Å². The summed E-state index contributed by atoms with van der Waals surface area (Å²) in [5.41, 5.74) is 11.3. The zero-order valence-corrected chi connectivity index (χ0v) is 17.9. The van der Waals surface area contributed by atoms with E-state index in [1.807, 2.05) is 0 Å². The van der Waals surface area contributed by atoms with Crippen LogP contribution in [0.1, 0.15) is 38.8 Å². The number of rotatable bonds is 14. The number of imidazole rings is 1. The summed E-state index contributed by atoms with van der Waals surface area (Å²) in [5.74, 6) is -3.18. The van der Waals surface area contributed by atoms with Crippen molar-refractivity contribution in [3.63, 3.8) is 0 Å². The number of nitrogens with one attached hydrogen (secondary N) is 4. The number of carboxylic acid groups (broad SMARTS) is 1. The van der Waals surface area contributed by atoms with Crippen molar-refractivity contribution in [2.75, 3.05) is 13.1 Å². The maximum atomic E-state index is 12.9. The third kappa shape index (κ3) is 9.13. The fraction of sp³-hybridized carbons (Fsp3) is 0.632. The van der Waals surface area contributed by atoms with Gasteiger partial charge in [-0.15, -0.1) is 0 Å². The number of aromatic nitrogens is 2. The summed E-state index contributed by atoms with van der Waals surface area (Å²) in [6.07, 6.45) is 4.36. The average molecular weight is 440 g/mol. The van der Waals surface area contributed by atoms with Crippen molar-refractivity contribution in [3.8, 4) is 0 Å². The Labute approximate surface area is 180 Å². The molecule has 0 fully saturated rings. The highest BCUT2D eigenvalue weighted by atomic mass is 16.4. The molecule has 1 aromatic heterocycles. The molecule has 3 atom stereocenters. The normalized spacial score (nSPS) is 13.8. The van der Waals surface area contributed by atoms with Gasteiger partial charge in [-0.05, 0) is 31.7 Å². The van der Waals surface area contributed by atoms with Crippen molar-refractivity contribution >= 4 is 23.7 Å². The van der Waals surface area contributed by atoms with Crippen LogP contribution in [0.25, 0.3) is 0 Å². The number of hydrogen-bond acceptors (Lipinski definition) is 7. The molecule has 1 aromatic rings. The van der Waals surface area contributed by atoms with E-state index >= 15 is 0 Å². The standard InChI is InChI=1S/C19H33N7O5/c1-11(2)16(26-15(27)8-21)18(29)25-14(7-12-9-22-10-23-12)17(28)24-13(19(30)31)5-3-4-6-20/h9-11,13-14,16H,3-8,20-21H2,1-2H3,(H,22,23)(H,24,28)(H,25,29)(H,26,27)(H,30,31). The van der Waals surface area contributed by atoms with Crippen LogP contribution in [-0.2, 0) is 25.6 Å². The van der Waals surface area contributed by atoms with Crippen LogP contribution in [0.2, 0.25) is 0 Å². The van der Waals surface area contributed by atoms with Gasteiger partial charge in [-0.1, -0.05) is 13.8 Å². The van der Waals surface area contributed by atoms with Crippen LogP contribution >= 0.6 is 0 Å². The van der Waals surface area contributed by atoms with Crippen molar-refractivity contribution < 1.29 is 24.3 Å². The largest absolute Gasteiger partial charge is 0.480 e. The lowest BCUT2D eigenvalue weighted by Gasteiger charge is -2.26. The number of hydrogen-bond donors (Lipinski definition) is 7. The molecule has 3 unspecified atom stereocenters. The molecule has 12 heteroatoms. The number of aromatic amines is 1. The van der Waals surface area contributed by atoms with E-state index in [1.54, 1.807) is 13.8 Å². The number of aliphatic carboxylic acids is 1. The molecule has 1 heterocycles. The molecule has 0 aromatic carbocycles. The molecule has 12 nitrogen and oxygen atoms in total. The summed E-state index contributed by atoms with van der Waals surface area (Å²) in [6, 6.07) is -3.11. The third-order valence-electron chi connectivity index (χ3n) is 4.62. The topological polar surface area (TPSA) is 205 Å². The maximum absolute atomic E-state index is 12.9. The second-order valence-corrected chi connectivity index (χ2v) is 7.52.